The molecule has 0 aliphatic heterocycles. The number of alkyl carbamates (subject to hydrolysis) is 1. The smallest absolute Gasteiger partial charge is 0.407 e. The molecule has 11 heteroatoms. The number of pyridine rings is 1. The van der Waals surface area contributed by atoms with Crippen molar-refractivity contribution in [2.75, 3.05) is 40.4 Å². The number of rotatable bonds is 11. The third-order valence-electron chi connectivity index (χ3n) is 6.25. The second kappa shape index (κ2) is 13.6. The first-order chi connectivity index (χ1) is 20.1. The highest BCUT2D eigenvalue weighted by Gasteiger charge is 2.16. The minimum Gasteiger partial charge on any atom is -0.496 e. The number of methoxy groups -OCH3 is 2. The van der Waals surface area contributed by atoms with E-state index in [1.54, 1.807) is 38.5 Å². The fourth-order valence-electron chi connectivity index (χ4n) is 4.22. The lowest BCUT2D eigenvalue weighted by Gasteiger charge is -2.19. The third kappa shape index (κ3) is 7.92. The van der Waals surface area contributed by atoms with Crippen LogP contribution in [0.2, 0.25) is 5.02 Å². The number of carbonyl (C=O) groups is 2. The highest BCUT2D eigenvalue weighted by Crippen LogP contribution is 2.38. The first kappa shape index (κ1) is 30.7. The van der Waals surface area contributed by atoms with Crippen molar-refractivity contribution in [1.82, 2.24) is 25.3 Å². The SMILES string of the molecule is COc1cc(OC)c(-c2cn3ccc(-c4ccc(C(=O)NCCNCCNC(=O)OC(C)(C)C)cc4)cc3n2)cc1Cl. The van der Waals surface area contributed by atoms with Crippen LogP contribution in [0.15, 0.2) is 60.9 Å². The van der Waals surface area contributed by atoms with Crippen LogP contribution >= 0.6 is 11.6 Å². The number of hydrogen-bond donors (Lipinski definition) is 3. The highest BCUT2D eigenvalue weighted by atomic mass is 35.5. The average Bonchev–Trinajstić information content (AvgIpc) is 3.39. The molecule has 3 N–H and O–H groups in total. The maximum absolute atomic E-state index is 12.6. The van der Waals surface area contributed by atoms with Crippen LogP contribution in [0.25, 0.3) is 28.0 Å². The van der Waals surface area contributed by atoms with Gasteiger partial charge < -0.3 is 34.6 Å². The summed E-state index contributed by atoms with van der Waals surface area (Å²) in [5, 5.41) is 9.22. The summed E-state index contributed by atoms with van der Waals surface area (Å²) in [7, 11) is 3.15. The number of nitrogens with one attached hydrogen (secondary N) is 3. The van der Waals surface area contributed by atoms with Gasteiger partial charge in [0, 0.05) is 55.8 Å². The Morgan fingerprint density at radius 3 is 2.24 bits per heavy atom. The zero-order chi connectivity index (χ0) is 30.3. The Morgan fingerprint density at radius 2 is 1.57 bits per heavy atom. The number of nitrogens with zero attached hydrogens (tertiary/aromatic N) is 2. The first-order valence-corrected chi connectivity index (χ1v) is 13.9. The standard InChI is InChI=1S/C31H36ClN5O5/c1-31(2,3)42-30(39)35-14-12-33-11-13-34-29(38)21-8-6-20(7-9-21)22-10-15-37-19-25(36-28(37)16-22)23-17-24(32)27(41-5)18-26(23)40-4/h6-10,15-19,33H,11-14H2,1-5H3,(H,34,38)(H,35,39). The van der Waals surface area contributed by atoms with Crippen LogP contribution in [-0.4, -0.2) is 67.4 Å². The normalized spacial score (nSPS) is 11.3. The molecule has 2 aromatic carbocycles. The van der Waals surface area contributed by atoms with Crippen molar-refractivity contribution in [2.45, 2.75) is 26.4 Å². The molecule has 222 valence electrons. The van der Waals surface area contributed by atoms with Gasteiger partial charge in [-0.1, -0.05) is 23.7 Å². The van der Waals surface area contributed by atoms with E-state index in [2.05, 4.69) is 16.0 Å². The Hall–Kier alpha value is -4.28. The van der Waals surface area contributed by atoms with Gasteiger partial charge in [0.05, 0.1) is 24.9 Å². The molecule has 0 aliphatic carbocycles. The number of aromatic nitrogens is 2. The zero-order valence-corrected chi connectivity index (χ0v) is 25.2. The number of carbonyl (C=O) groups excluding carboxylic acids is 2. The predicted molar refractivity (Wildman–Crippen MR) is 164 cm³/mol. The summed E-state index contributed by atoms with van der Waals surface area (Å²) in [6.45, 7) is 7.47. The molecule has 0 saturated carbocycles. The molecular weight excluding hydrogens is 558 g/mol. The summed E-state index contributed by atoms with van der Waals surface area (Å²) in [6.07, 6.45) is 3.41. The number of amides is 2. The molecule has 0 aliphatic rings. The van der Waals surface area contributed by atoms with E-state index in [1.165, 1.54) is 0 Å². The van der Waals surface area contributed by atoms with Crippen LogP contribution in [0, 0.1) is 0 Å². The van der Waals surface area contributed by atoms with Gasteiger partial charge in [0.15, 0.2) is 0 Å². The topological polar surface area (TPSA) is 115 Å². The lowest BCUT2D eigenvalue weighted by Crippen LogP contribution is -2.38. The molecule has 42 heavy (non-hydrogen) atoms. The van der Waals surface area contributed by atoms with Crippen LogP contribution in [0.4, 0.5) is 4.79 Å². The van der Waals surface area contributed by atoms with Gasteiger partial charge in [0.25, 0.3) is 5.91 Å². The van der Waals surface area contributed by atoms with Crippen LogP contribution in [0.3, 0.4) is 0 Å². The summed E-state index contributed by atoms with van der Waals surface area (Å²) in [5.74, 6) is 0.984. The number of imidazole rings is 1. The van der Waals surface area contributed by atoms with Crippen LogP contribution in [-0.2, 0) is 4.74 Å². The Balaban J connectivity index is 1.31. The second-order valence-electron chi connectivity index (χ2n) is 10.5. The summed E-state index contributed by atoms with van der Waals surface area (Å²) in [5.41, 5.74) is 4.20. The zero-order valence-electron chi connectivity index (χ0n) is 24.4. The van der Waals surface area contributed by atoms with Gasteiger partial charge in [-0.3, -0.25) is 4.79 Å². The fraction of sp³-hybridized carbons (Fsp3) is 0.323. The third-order valence-corrected chi connectivity index (χ3v) is 6.54. The van der Waals surface area contributed by atoms with E-state index in [0.29, 0.717) is 48.3 Å². The van der Waals surface area contributed by atoms with Crippen molar-refractivity contribution in [1.29, 1.82) is 0 Å². The molecule has 0 bridgehead atoms. The average molecular weight is 594 g/mol. The minimum absolute atomic E-state index is 0.157. The van der Waals surface area contributed by atoms with Crippen molar-refractivity contribution in [3.8, 4) is 33.9 Å². The van der Waals surface area contributed by atoms with Crippen LogP contribution < -0.4 is 25.4 Å². The van der Waals surface area contributed by atoms with E-state index in [4.69, 9.17) is 30.8 Å². The number of halogens is 1. The fourth-order valence-corrected chi connectivity index (χ4v) is 4.46. The quantitative estimate of drug-likeness (QED) is 0.205. The van der Waals surface area contributed by atoms with Crippen LogP contribution in [0.5, 0.6) is 11.5 Å². The summed E-state index contributed by atoms with van der Waals surface area (Å²) >= 11 is 6.36. The van der Waals surface area contributed by atoms with Gasteiger partial charge in [0.1, 0.15) is 22.7 Å². The molecule has 0 unspecified atom stereocenters. The Morgan fingerprint density at radius 1 is 0.881 bits per heavy atom. The molecule has 4 aromatic rings. The van der Waals surface area contributed by atoms with E-state index in [-0.39, 0.29) is 5.91 Å². The number of benzene rings is 2. The first-order valence-electron chi connectivity index (χ1n) is 13.5. The molecule has 0 saturated heterocycles. The summed E-state index contributed by atoms with van der Waals surface area (Å²) < 4.78 is 18.0. The molecule has 0 spiro atoms. The van der Waals surface area contributed by atoms with Crippen molar-refractivity contribution in [2.24, 2.45) is 0 Å². The minimum atomic E-state index is -0.527. The van der Waals surface area contributed by atoms with Gasteiger partial charge in [-0.05, 0) is 62.2 Å². The molecule has 2 heterocycles. The Labute approximate surface area is 250 Å². The van der Waals surface area contributed by atoms with E-state index in [0.717, 1.165) is 28.0 Å². The van der Waals surface area contributed by atoms with E-state index < -0.39 is 11.7 Å². The summed E-state index contributed by atoms with van der Waals surface area (Å²) in [4.78, 5) is 29.0. The number of fused-ring (bicyclic) bond motifs is 1. The lowest BCUT2D eigenvalue weighted by molar-refractivity contribution is 0.0528. The number of ether oxygens (including phenoxy) is 3. The molecule has 2 aromatic heterocycles. The van der Waals surface area contributed by atoms with Crippen LogP contribution in [0.1, 0.15) is 31.1 Å². The Bertz CT molecular complexity index is 1550. The van der Waals surface area contributed by atoms with Gasteiger partial charge in [-0.25, -0.2) is 9.78 Å². The molecule has 0 atom stereocenters. The van der Waals surface area contributed by atoms with Gasteiger partial charge in [0.2, 0.25) is 0 Å². The van der Waals surface area contributed by atoms with Crippen molar-refractivity contribution in [3.05, 3.63) is 71.5 Å². The van der Waals surface area contributed by atoms with Crippen molar-refractivity contribution in [3.63, 3.8) is 0 Å². The molecule has 10 nitrogen and oxygen atoms in total. The maximum Gasteiger partial charge on any atom is 0.407 e. The monoisotopic (exact) mass is 593 g/mol. The van der Waals surface area contributed by atoms with Gasteiger partial charge in [-0.2, -0.15) is 0 Å². The van der Waals surface area contributed by atoms with Crippen molar-refractivity contribution >= 4 is 29.2 Å². The van der Waals surface area contributed by atoms with E-state index >= 15 is 0 Å². The van der Waals surface area contributed by atoms with Gasteiger partial charge >= 0.3 is 6.09 Å². The maximum atomic E-state index is 12.6. The Kier molecular flexibility index (Phi) is 9.92. The van der Waals surface area contributed by atoms with E-state index in [9.17, 15) is 9.59 Å². The molecule has 0 fully saturated rings. The predicted octanol–water partition coefficient (Wildman–Crippen LogP) is 5.18. The highest BCUT2D eigenvalue weighted by molar-refractivity contribution is 6.32. The largest absolute Gasteiger partial charge is 0.496 e. The van der Waals surface area contributed by atoms with Gasteiger partial charge in [-0.15, -0.1) is 0 Å². The molecule has 4 rings (SSSR count). The van der Waals surface area contributed by atoms with Crippen molar-refractivity contribution < 1.29 is 23.8 Å². The molecule has 0 radical (unpaired) electrons. The number of hydrogen-bond acceptors (Lipinski definition) is 7. The summed E-state index contributed by atoms with van der Waals surface area (Å²) in [6, 6.07) is 14.9. The molecule has 2 amide bonds. The lowest BCUT2D eigenvalue weighted by atomic mass is 10.0. The second-order valence-corrected chi connectivity index (χ2v) is 10.9. The van der Waals surface area contributed by atoms with E-state index in [1.807, 2.05) is 61.8 Å². The molecular formula is C31H36ClN5O5.